The minimum absolute atomic E-state index is 0.00203. The van der Waals surface area contributed by atoms with Crippen LogP contribution in [-0.2, 0) is 30.1 Å². The lowest BCUT2D eigenvalue weighted by molar-refractivity contribution is -0.146. The van der Waals surface area contributed by atoms with E-state index in [0.717, 1.165) is 5.56 Å². The van der Waals surface area contributed by atoms with Crippen LogP contribution in [0.15, 0.2) is 49.6 Å². The van der Waals surface area contributed by atoms with Crippen molar-refractivity contribution in [3.63, 3.8) is 0 Å². The van der Waals surface area contributed by atoms with Crippen LogP contribution in [0.3, 0.4) is 0 Å². The molecule has 1 atom stereocenters. The van der Waals surface area contributed by atoms with Gasteiger partial charge in [0.25, 0.3) is 0 Å². The molecule has 0 saturated carbocycles. The standard InChI is InChI=1S/C25H38N2O6Si/c1-8-16-31-22(28)15-14-21(23(29)32-17-9-2)27-24(30)26-20-12-10-19(11-13-20)18-33-34(6,7)25(3,4)5/h8-13,21H,1-2,14-18H2,3-7H3,(H2,26,27,30)/t21-/m0/s1. The summed E-state index contributed by atoms with van der Waals surface area (Å²) in [7, 11) is -1.86. The molecule has 0 aliphatic heterocycles. The highest BCUT2D eigenvalue weighted by Gasteiger charge is 2.37. The van der Waals surface area contributed by atoms with Crippen LogP contribution in [0.25, 0.3) is 0 Å². The Labute approximate surface area is 203 Å². The molecule has 188 valence electrons. The molecule has 1 aromatic rings. The second kappa shape index (κ2) is 13.7. The lowest BCUT2D eigenvalue weighted by atomic mass is 10.1. The number of esters is 2. The molecule has 2 N–H and O–H groups in total. The molecule has 34 heavy (non-hydrogen) atoms. The van der Waals surface area contributed by atoms with Gasteiger partial charge in [0.1, 0.15) is 19.3 Å². The van der Waals surface area contributed by atoms with Crippen molar-refractivity contribution in [2.45, 2.75) is 64.4 Å². The highest BCUT2D eigenvalue weighted by molar-refractivity contribution is 6.74. The Balaban J connectivity index is 2.69. The lowest BCUT2D eigenvalue weighted by Gasteiger charge is -2.36. The summed E-state index contributed by atoms with van der Waals surface area (Å²) < 4.78 is 16.2. The molecule has 0 fully saturated rings. The van der Waals surface area contributed by atoms with Gasteiger partial charge in [-0.25, -0.2) is 9.59 Å². The predicted molar refractivity (Wildman–Crippen MR) is 136 cm³/mol. The fourth-order valence-electron chi connectivity index (χ4n) is 2.47. The maximum atomic E-state index is 12.5. The fraction of sp³-hybridized carbons (Fsp3) is 0.480. The zero-order chi connectivity index (χ0) is 25.8. The first kappa shape index (κ1) is 29.1. The van der Waals surface area contributed by atoms with E-state index in [4.69, 9.17) is 13.9 Å². The number of rotatable bonds is 13. The molecule has 1 aromatic carbocycles. The van der Waals surface area contributed by atoms with Crippen LogP contribution in [0.1, 0.15) is 39.2 Å². The number of urea groups is 1. The average molecular weight is 491 g/mol. The highest BCUT2D eigenvalue weighted by Crippen LogP contribution is 2.37. The Kier molecular flexibility index (Phi) is 11.7. The second-order valence-electron chi connectivity index (χ2n) is 9.33. The smallest absolute Gasteiger partial charge is 0.329 e. The average Bonchev–Trinajstić information content (AvgIpc) is 2.77. The normalized spacial score (nSPS) is 12.3. The van der Waals surface area contributed by atoms with Gasteiger partial charge >= 0.3 is 18.0 Å². The highest BCUT2D eigenvalue weighted by atomic mass is 28.4. The minimum atomic E-state index is -1.86. The van der Waals surface area contributed by atoms with E-state index in [2.05, 4.69) is 57.7 Å². The summed E-state index contributed by atoms with van der Waals surface area (Å²) in [6, 6.07) is 5.68. The van der Waals surface area contributed by atoms with E-state index >= 15 is 0 Å². The van der Waals surface area contributed by atoms with Crippen molar-refractivity contribution in [3.8, 4) is 0 Å². The van der Waals surface area contributed by atoms with Crippen molar-refractivity contribution in [2.24, 2.45) is 0 Å². The first-order valence-corrected chi connectivity index (χ1v) is 14.1. The molecule has 0 aliphatic rings. The molecule has 0 radical (unpaired) electrons. The van der Waals surface area contributed by atoms with Crippen molar-refractivity contribution in [3.05, 3.63) is 55.1 Å². The second-order valence-corrected chi connectivity index (χ2v) is 14.1. The topological polar surface area (TPSA) is 103 Å². The Morgan fingerprint density at radius 3 is 2.18 bits per heavy atom. The van der Waals surface area contributed by atoms with Gasteiger partial charge in [-0.05, 0) is 42.2 Å². The van der Waals surface area contributed by atoms with Crippen LogP contribution in [0, 0.1) is 0 Å². The van der Waals surface area contributed by atoms with E-state index < -0.39 is 32.3 Å². The van der Waals surface area contributed by atoms with E-state index in [1.165, 1.54) is 12.2 Å². The summed E-state index contributed by atoms with van der Waals surface area (Å²) in [5.41, 5.74) is 1.55. The summed E-state index contributed by atoms with van der Waals surface area (Å²) >= 11 is 0. The molecule has 1 rings (SSSR count). The molecular weight excluding hydrogens is 452 g/mol. The number of ether oxygens (including phenoxy) is 2. The van der Waals surface area contributed by atoms with Gasteiger partial charge in [0.05, 0.1) is 6.61 Å². The van der Waals surface area contributed by atoms with E-state index in [0.29, 0.717) is 12.3 Å². The van der Waals surface area contributed by atoms with Crippen LogP contribution in [-0.4, -0.2) is 45.5 Å². The van der Waals surface area contributed by atoms with Crippen molar-refractivity contribution in [2.75, 3.05) is 18.5 Å². The maximum Gasteiger partial charge on any atom is 0.329 e. The Morgan fingerprint density at radius 2 is 1.62 bits per heavy atom. The van der Waals surface area contributed by atoms with E-state index in [9.17, 15) is 14.4 Å². The summed E-state index contributed by atoms with van der Waals surface area (Å²) in [6.45, 7) is 18.5. The molecule has 0 aromatic heterocycles. The van der Waals surface area contributed by atoms with Crippen LogP contribution >= 0.6 is 0 Å². The first-order chi connectivity index (χ1) is 15.9. The molecule has 9 heteroatoms. The van der Waals surface area contributed by atoms with Gasteiger partial charge in [-0.3, -0.25) is 4.79 Å². The zero-order valence-electron chi connectivity index (χ0n) is 20.9. The Morgan fingerprint density at radius 1 is 1.03 bits per heavy atom. The van der Waals surface area contributed by atoms with Gasteiger partial charge < -0.3 is 24.5 Å². The van der Waals surface area contributed by atoms with E-state index in [1.54, 1.807) is 12.1 Å². The SMILES string of the molecule is C=CCOC(=O)CC[C@H](NC(=O)Nc1ccc(CO[Si](C)(C)C(C)(C)C)cc1)C(=O)OCC=C. The number of carbonyl (C=O) groups is 3. The van der Waals surface area contributed by atoms with Gasteiger partial charge in [-0.15, -0.1) is 0 Å². The van der Waals surface area contributed by atoms with Crippen molar-refractivity contribution < 1.29 is 28.3 Å². The van der Waals surface area contributed by atoms with Crippen LogP contribution < -0.4 is 10.6 Å². The van der Waals surface area contributed by atoms with Gasteiger partial charge in [-0.1, -0.05) is 58.2 Å². The van der Waals surface area contributed by atoms with Crippen molar-refractivity contribution in [1.29, 1.82) is 0 Å². The van der Waals surface area contributed by atoms with Crippen LogP contribution in [0.5, 0.6) is 0 Å². The largest absolute Gasteiger partial charge is 0.461 e. The summed E-state index contributed by atoms with van der Waals surface area (Å²) in [4.78, 5) is 36.5. The quantitative estimate of drug-likeness (QED) is 0.231. The van der Waals surface area contributed by atoms with Crippen LogP contribution in [0.4, 0.5) is 10.5 Å². The van der Waals surface area contributed by atoms with Crippen molar-refractivity contribution in [1.82, 2.24) is 5.32 Å². The molecule has 0 aliphatic carbocycles. The lowest BCUT2D eigenvalue weighted by Crippen LogP contribution is -2.44. The minimum Gasteiger partial charge on any atom is -0.461 e. The maximum absolute atomic E-state index is 12.5. The van der Waals surface area contributed by atoms with Gasteiger partial charge in [0, 0.05) is 12.1 Å². The van der Waals surface area contributed by atoms with Gasteiger partial charge in [-0.2, -0.15) is 0 Å². The molecule has 0 bridgehead atoms. The number of amides is 2. The Bertz CT molecular complexity index is 846. The number of benzene rings is 1. The first-order valence-electron chi connectivity index (χ1n) is 11.2. The molecular formula is C25H38N2O6Si. The third-order valence-electron chi connectivity index (χ3n) is 5.55. The molecule has 0 spiro atoms. The summed E-state index contributed by atoms with van der Waals surface area (Å²) in [5.74, 6) is -1.16. The van der Waals surface area contributed by atoms with Crippen molar-refractivity contribution >= 4 is 32.0 Å². The molecule has 0 unspecified atom stereocenters. The Hall–Kier alpha value is -2.91. The number of hydrogen-bond donors (Lipinski definition) is 2. The van der Waals surface area contributed by atoms with Gasteiger partial charge in [0.2, 0.25) is 0 Å². The molecule has 0 heterocycles. The monoisotopic (exact) mass is 490 g/mol. The van der Waals surface area contributed by atoms with E-state index in [1.807, 2.05) is 12.1 Å². The summed E-state index contributed by atoms with van der Waals surface area (Å²) in [6.07, 6.45) is 2.84. The fourth-order valence-corrected chi connectivity index (χ4v) is 3.43. The molecule has 0 saturated heterocycles. The molecule has 2 amide bonds. The number of hydrogen-bond acceptors (Lipinski definition) is 6. The summed E-state index contributed by atoms with van der Waals surface area (Å²) in [5, 5.41) is 5.37. The van der Waals surface area contributed by atoms with Gasteiger partial charge in [0.15, 0.2) is 8.32 Å². The van der Waals surface area contributed by atoms with Crippen LogP contribution in [0.2, 0.25) is 18.1 Å². The number of nitrogens with one attached hydrogen (secondary N) is 2. The molecule has 8 nitrogen and oxygen atoms in total. The number of carbonyl (C=O) groups excluding carboxylic acids is 3. The third kappa shape index (κ3) is 10.3. The van der Waals surface area contributed by atoms with E-state index in [-0.39, 0.29) is 31.1 Å². The predicted octanol–water partition coefficient (Wildman–Crippen LogP) is 4.94. The third-order valence-corrected chi connectivity index (χ3v) is 10.0. The number of anilines is 1. The zero-order valence-corrected chi connectivity index (χ0v) is 21.9.